The maximum Gasteiger partial charge on any atom is 0.322 e. The second kappa shape index (κ2) is 10.8. The van der Waals surface area contributed by atoms with Crippen molar-refractivity contribution in [3.05, 3.63) is 89.0 Å². The highest BCUT2D eigenvalue weighted by molar-refractivity contribution is 6.30. The largest absolute Gasteiger partial charge is 0.385 e. The van der Waals surface area contributed by atoms with Crippen LogP contribution in [0, 0.1) is 5.82 Å². The van der Waals surface area contributed by atoms with Gasteiger partial charge in [0.1, 0.15) is 5.82 Å². The van der Waals surface area contributed by atoms with Crippen LogP contribution in [0.3, 0.4) is 0 Å². The Morgan fingerprint density at radius 1 is 1.17 bits per heavy atom. The number of benzene rings is 2. The summed E-state index contributed by atoms with van der Waals surface area (Å²) < 4.78 is 20.7. The lowest BCUT2D eigenvalue weighted by Crippen LogP contribution is -2.36. The van der Waals surface area contributed by atoms with Crippen molar-refractivity contribution in [2.75, 3.05) is 25.6 Å². The molecule has 158 valence electrons. The van der Waals surface area contributed by atoms with Crippen LogP contribution in [-0.2, 0) is 17.8 Å². The van der Waals surface area contributed by atoms with Crippen LogP contribution in [0.1, 0.15) is 17.7 Å². The van der Waals surface area contributed by atoms with E-state index in [4.69, 9.17) is 16.3 Å². The standard InChI is InChI=1S/C23H25ClFN3O2/c1-30-14-4-13-28(23(29)26-21-10-8-19(24)9-11-21)17-22-7-3-12-27(22)16-18-5-2-6-20(25)15-18/h2-3,5-12,15H,4,13-14,16-17H2,1H3,(H,26,29). The first kappa shape index (κ1) is 21.9. The summed E-state index contributed by atoms with van der Waals surface area (Å²) in [5.74, 6) is -0.259. The van der Waals surface area contributed by atoms with Crippen LogP contribution >= 0.6 is 11.6 Å². The van der Waals surface area contributed by atoms with Crippen molar-refractivity contribution in [3.8, 4) is 0 Å². The maximum atomic E-state index is 13.5. The number of halogens is 2. The van der Waals surface area contributed by atoms with Gasteiger partial charge < -0.3 is 19.5 Å². The average Bonchev–Trinajstić information content (AvgIpc) is 3.15. The van der Waals surface area contributed by atoms with E-state index >= 15 is 0 Å². The number of methoxy groups -OCH3 is 1. The Kier molecular flexibility index (Phi) is 7.88. The molecule has 0 aliphatic heterocycles. The fourth-order valence-electron chi connectivity index (χ4n) is 3.16. The Morgan fingerprint density at radius 2 is 1.97 bits per heavy atom. The summed E-state index contributed by atoms with van der Waals surface area (Å²) >= 11 is 5.92. The second-order valence-electron chi connectivity index (χ2n) is 6.96. The van der Waals surface area contributed by atoms with Crippen LogP contribution in [-0.4, -0.2) is 35.8 Å². The highest BCUT2D eigenvalue weighted by Crippen LogP contribution is 2.16. The molecule has 0 atom stereocenters. The average molecular weight is 430 g/mol. The van der Waals surface area contributed by atoms with Crippen molar-refractivity contribution >= 4 is 23.3 Å². The highest BCUT2D eigenvalue weighted by atomic mass is 35.5. The number of nitrogens with zero attached hydrogens (tertiary/aromatic N) is 2. The molecule has 0 fully saturated rings. The van der Waals surface area contributed by atoms with Gasteiger partial charge in [-0.1, -0.05) is 23.7 Å². The van der Waals surface area contributed by atoms with Crippen LogP contribution in [0.25, 0.3) is 0 Å². The van der Waals surface area contributed by atoms with Crippen molar-refractivity contribution < 1.29 is 13.9 Å². The predicted octanol–water partition coefficient (Wildman–Crippen LogP) is 5.40. The number of nitrogens with one attached hydrogen (secondary N) is 1. The van der Waals surface area contributed by atoms with Gasteiger partial charge in [-0.05, 0) is 60.5 Å². The number of urea groups is 1. The van der Waals surface area contributed by atoms with Crippen molar-refractivity contribution in [3.63, 3.8) is 0 Å². The molecule has 0 radical (unpaired) electrons. The first-order chi connectivity index (χ1) is 14.5. The van der Waals surface area contributed by atoms with E-state index in [0.29, 0.717) is 37.0 Å². The van der Waals surface area contributed by atoms with E-state index in [9.17, 15) is 9.18 Å². The van der Waals surface area contributed by atoms with Crippen LogP contribution in [0.15, 0.2) is 66.9 Å². The topological polar surface area (TPSA) is 46.5 Å². The molecule has 0 bridgehead atoms. The molecule has 3 aromatic rings. The Balaban J connectivity index is 1.72. The lowest BCUT2D eigenvalue weighted by Gasteiger charge is -2.24. The number of anilines is 1. The zero-order valence-electron chi connectivity index (χ0n) is 16.9. The lowest BCUT2D eigenvalue weighted by molar-refractivity contribution is 0.171. The first-order valence-corrected chi connectivity index (χ1v) is 10.1. The Morgan fingerprint density at radius 3 is 2.70 bits per heavy atom. The number of aromatic nitrogens is 1. The van der Waals surface area contributed by atoms with Gasteiger partial charge in [0.05, 0.1) is 6.54 Å². The molecule has 0 unspecified atom stereocenters. The lowest BCUT2D eigenvalue weighted by atomic mass is 10.2. The molecule has 2 aromatic carbocycles. The molecule has 3 rings (SSSR count). The van der Waals surface area contributed by atoms with Crippen molar-refractivity contribution in [2.24, 2.45) is 0 Å². The number of rotatable bonds is 9. The van der Waals surface area contributed by atoms with Gasteiger partial charge >= 0.3 is 6.03 Å². The molecule has 0 saturated carbocycles. The minimum Gasteiger partial charge on any atom is -0.385 e. The minimum absolute atomic E-state index is 0.202. The van der Waals surface area contributed by atoms with E-state index in [-0.39, 0.29) is 11.8 Å². The summed E-state index contributed by atoms with van der Waals surface area (Å²) in [4.78, 5) is 14.7. The van der Waals surface area contributed by atoms with E-state index in [2.05, 4.69) is 5.32 Å². The molecular weight excluding hydrogens is 405 g/mol. The van der Waals surface area contributed by atoms with Crippen LogP contribution in [0.5, 0.6) is 0 Å². The molecule has 0 saturated heterocycles. The molecule has 0 spiro atoms. The van der Waals surface area contributed by atoms with Crippen molar-refractivity contribution in [1.82, 2.24) is 9.47 Å². The smallest absolute Gasteiger partial charge is 0.322 e. The zero-order valence-corrected chi connectivity index (χ0v) is 17.6. The third-order valence-corrected chi connectivity index (χ3v) is 4.93. The van der Waals surface area contributed by atoms with Gasteiger partial charge in [-0.2, -0.15) is 0 Å². The molecule has 7 heteroatoms. The van der Waals surface area contributed by atoms with Crippen molar-refractivity contribution in [2.45, 2.75) is 19.5 Å². The van der Waals surface area contributed by atoms with E-state index < -0.39 is 0 Å². The molecule has 5 nitrogen and oxygen atoms in total. The Hall–Kier alpha value is -2.83. The first-order valence-electron chi connectivity index (χ1n) is 9.74. The number of hydrogen-bond acceptors (Lipinski definition) is 2. The quantitative estimate of drug-likeness (QED) is 0.463. The molecular formula is C23H25ClFN3O2. The van der Waals surface area contributed by atoms with Crippen LogP contribution < -0.4 is 5.32 Å². The van der Waals surface area contributed by atoms with Crippen LogP contribution in [0.4, 0.5) is 14.9 Å². The molecule has 1 N–H and O–H groups in total. The third-order valence-electron chi connectivity index (χ3n) is 4.68. The summed E-state index contributed by atoms with van der Waals surface area (Å²) in [6, 6.07) is 17.2. The summed E-state index contributed by atoms with van der Waals surface area (Å²) in [6.07, 6.45) is 2.65. The monoisotopic (exact) mass is 429 g/mol. The van der Waals surface area contributed by atoms with Gasteiger partial charge in [0, 0.05) is 49.4 Å². The Labute approximate surface area is 181 Å². The van der Waals surface area contributed by atoms with Crippen molar-refractivity contribution in [1.29, 1.82) is 0 Å². The predicted molar refractivity (Wildman–Crippen MR) is 117 cm³/mol. The van der Waals surface area contributed by atoms with Gasteiger partial charge in [0.2, 0.25) is 0 Å². The molecule has 0 aliphatic rings. The minimum atomic E-state index is -0.259. The van der Waals surface area contributed by atoms with Gasteiger partial charge in [-0.15, -0.1) is 0 Å². The number of ether oxygens (including phenoxy) is 1. The molecule has 0 aliphatic carbocycles. The highest BCUT2D eigenvalue weighted by Gasteiger charge is 2.16. The van der Waals surface area contributed by atoms with Gasteiger partial charge in [0.15, 0.2) is 0 Å². The second-order valence-corrected chi connectivity index (χ2v) is 7.40. The molecule has 30 heavy (non-hydrogen) atoms. The summed E-state index contributed by atoms with van der Waals surface area (Å²) in [7, 11) is 1.64. The summed E-state index contributed by atoms with van der Waals surface area (Å²) in [5.41, 5.74) is 2.50. The molecule has 2 amide bonds. The number of carbonyl (C=O) groups is 1. The van der Waals surface area contributed by atoms with E-state index in [1.54, 1.807) is 42.3 Å². The van der Waals surface area contributed by atoms with E-state index in [0.717, 1.165) is 17.7 Å². The molecule has 1 heterocycles. The number of hydrogen-bond donors (Lipinski definition) is 1. The maximum absolute atomic E-state index is 13.5. The summed E-state index contributed by atoms with van der Waals surface area (Å²) in [5, 5.41) is 3.53. The van der Waals surface area contributed by atoms with Gasteiger partial charge in [-0.25, -0.2) is 9.18 Å². The fourth-order valence-corrected chi connectivity index (χ4v) is 3.29. The third kappa shape index (κ3) is 6.34. The van der Waals surface area contributed by atoms with E-state index in [1.807, 2.05) is 29.0 Å². The number of carbonyl (C=O) groups excluding carboxylic acids is 1. The molecule has 1 aromatic heterocycles. The van der Waals surface area contributed by atoms with Gasteiger partial charge in [-0.3, -0.25) is 0 Å². The normalized spacial score (nSPS) is 10.8. The Bertz CT molecular complexity index is 959. The van der Waals surface area contributed by atoms with E-state index in [1.165, 1.54) is 12.1 Å². The summed E-state index contributed by atoms with van der Waals surface area (Å²) in [6.45, 7) is 2.06. The zero-order chi connectivity index (χ0) is 21.3. The van der Waals surface area contributed by atoms with Crippen LogP contribution in [0.2, 0.25) is 5.02 Å². The SMILES string of the molecule is COCCCN(Cc1cccn1Cc1cccc(F)c1)C(=O)Nc1ccc(Cl)cc1. The number of amides is 2. The van der Waals surface area contributed by atoms with Gasteiger partial charge in [0.25, 0.3) is 0 Å². The fraction of sp³-hybridized carbons (Fsp3) is 0.261.